The molecule has 1 saturated heterocycles. The lowest BCUT2D eigenvalue weighted by Gasteiger charge is -2.26. The van der Waals surface area contributed by atoms with E-state index in [9.17, 15) is 0 Å². The van der Waals surface area contributed by atoms with Gasteiger partial charge in [0.05, 0.1) is 6.17 Å². The van der Waals surface area contributed by atoms with Crippen LogP contribution in [0, 0.1) is 0 Å². The van der Waals surface area contributed by atoms with E-state index >= 15 is 0 Å². The third kappa shape index (κ3) is 0.533. The highest BCUT2D eigenvalue weighted by atomic mass is 15.2. The van der Waals surface area contributed by atoms with Crippen molar-refractivity contribution in [3.63, 3.8) is 0 Å². The minimum absolute atomic E-state index is 0.616. The fourth-order valence-electron chi connectivity index (χ4n) is 0.535. The minimum atomic E-state index is 0.616. The molecule has 0 bridgehead atoms. The highest BCUT2D eigenvalue weighted by Crippen LogP contribution is 1.93. The molecule has 2 nitrogen and oxygen atoms in total. The molecule has 1 heterocycles. The molecule has 1 fully saturated rings. The molecule has 1 rings (SSSR count). The molecule has 6 heavy (non-hydrogen) atoms. The topological polar surface area (TPSA) is 24.1 Å². The Morgan fingerprint density at radius 3 is 2.50 bits per heavy atom. The first-order chi connectivity index (χ1) is 2.93. The first-order valence-electron chi connectivity index (χ1n) is 2.34. The molecule has 0 aromatic carbocycles. The summed E-state index contributed by atoms with van der Waals surface area (Å²) in [4.78, 5) is 0. The van der Waals surface area contributed by atoms with Crippen LogP contribution < -0.4 is 10.6 Å². The van der Waals surface area contributed by atoms with Crippen LogP contribution in [0.3, 0.4) is 0 Å². The maximum Gasteiger partial charge on any atom is 0.0581 e. The summed E-state index contributed by atoms with van der Waals surface area (Å²) in [6.45, 7) is 1.19. The quantitative estimate of drug-likeness (QED) is 0.450. The molecule has 0 amide bonds. The Hall–Kier alpha value is -0.0800. The molecule has 1 aliphatic heterocycles. The smallest absolute Gasteiger partial charge is 0.0581 e. The van der Waals surface area contributed by atoms with Crippen molar-refractivity contribution in [1.82, 2.24) is 10.6 Å². The zero-order chi connectivity index (χ0) is 4.41. The molecule has 0 unspecified atom stereocenters. The van der Waals surface area contributed by atoms with Crippen molar-refractivity contribution in [2.24, 2.45) is 0 Å². The van der Waals surface area contributed by atoms with Gasteiger partial charge in [-0.25, -0.2) is 0 Å². The van der Waals surface area contributed by atoms with Crippen molar-refractivity contribution >= 4 is 0 Å². The van der Waals surface area contributed by atoms with Crippen molar-refractivity contribution in [3.8, 4) is 0 Å². The first kappa shape index (κ1) is 4.09. The van der Waals surface area contributed by atoms with Crippen molar-refractivity contribution in [1.29, 1.82) is 0 Å². The van der Waals surface area contributed by atoms with Gasteiger partial charge in [-0.05, 0) is 20.0 Å². The van der Waals surface area contributed by atoms with Crippen LogP contribution in [-0.4, -0.2) is 19.8 Å². The zero-order valence-electron chi connectivity index (χ0n) is 3.99. The standard InChI is InChI=1S/C4H10N2/c1-5-4-2-3-6-4/h4-6H,2-3H2,1H3/t4-/m1/s1. The highest BCUT2D eigenvalue weighted by Gasteiger charge is 2.11. The second-order valence-corrected chi connectivity index (χ2v) is 1.58. The SMILES string of the molecule is CN[C@H]1CCN1. The summed E-state index contributed by atoms with van der Waals surface area (Å²) < 4.78 is 0. The Bertz CT molecular complexity index is 38.1. The molecule has 2 heteroatoms. The van der Waals surface area contributed by atoms with E-state index in [1.165, 1.54) is 13.0 Å². The van der Waals surface area contributed by atoms with Gasteiger partial charge in [-0.15, -0.1) is 0 Å². The van der Waals surface area contributed by atoms with Gasteiger partial charge >= 0.3 is 0 Å². The fourth-order valence-corrected chi connectivity index (χ4v) is 0.535. The average Bonchev–Trinajstić information content (AvgIpc) is 1.31. The Labute approximate surface area is 37.9 Å². The van der Waals surface area contributed by atoms with Crippen LogP contribution in [0.1, 0.15) is 6.42 Å². The minimum Gasteiger partial charge on any atom is -0.305 e. The maximum absolute atomic E-state index is 3.18. The molecule has 36 valence electrons. The van der Waals surface area contributed by atoms with Crippen LogP contribution in [-0.2, 0) is 0 Å². The summed E-state index contributed by atoms with van der Waals surface area (Å²) in [5.41, 5.74) is 0. The Morgan fingerprint density at radius 2 is 2.50 bits per heavy atom. The second kappa shape index (κ2) is 1.58. The van der Waals surface area contributed by atoms with E-state index in [4.69, 9.17) is 0 Å². The summed E-state index contributed by atoms with van der Waals surface area (Å²) in [5.74, 6) is 0. The second-order valence-electron chi connectivity index (χ2n) is 1.58. The largest absolute Gasteiger partial charge is 0.305 e. The monoisotopic (exact) mass is 86.1 g/mol. The molecule has 0 saturated carbocycles. The highest BCUT2D eigenvalue weighted by molar-refractivity contribution is 4.72. The van der Waals surface area contributed by atoms with Crippen LogP contribution in [0.5, 0.6) is 0 Å². The Kier molecular flexibility index (Phi) is 1.08. The summed E-state index contributed by atoms with van der Waals surface area (Å²) in [5, 5.41) is 6.27. The van der Waals surface area contributed by atoms with E-state index in [0.717, 1.165) is 0 Å². The summed E-state index contributed by atoms with van der Waals surface area (Å²) in [7, 11) is 1.97. The normalized spacial score (nSPS) is 32.5. The number of nitrogens with one attached hydrogen (secondary N) is 2. The van der Waals surface area contributed by atoms with E-state index < -0.39 is 0 Å². The van der Waals surface area contributed by atoms with Crippen molar-refractivity contribution in [3.05, 3.63) is 0 Å². The van der Waals surface area contributed by atoms with E-state index in [0.29, 0.717) is 6.17 Å². The molecule has 1 aliphatic rings. The summed E-state index contributed by atoms with van der Waals surface area (Å²) >= 11 is 0. The lowest BCUT2D eigenvalue weighted by atomic mass is 10.2. The zero-order valence-corrected chi connectivity index (χ0v) is 3.99. The molecular formula is C4H10N2. The Balaban J connectivity index is 2.01. The molecule has 0 radical (unpaired) electrons. The van der Waals surface area contributed by atoms with Crippen LogP contribution in [0.25, 0.3) is 0 Å². The fraction of sp³-hybridized carbons (Fsp3) is 1.00. The van der Waals surface area contributed by atoms with Crippen LogP contribution in [0.15, 0.2) is 0 Å². The Morgan fingerprint density at radius 1 is 1.83 bits per heavy atom. The van der Waals surface area contributed by atoms with Crippen molar-refractivity contribution in [2.45, 2.75) is 12.6 Å². The molecule has 0 aromatic heterocycles. The van der Waals surface area contributed by atoms with E-state index in [1.807, 2.05) is 7.05 Å². The van der Waals surface area contributed by atoms with Gasteiger partial charge in [0.1, 0.15) is 0 Å². The summed E-state index contributed by atoms with van der Waals surface area (Å²) in [6.07, 6.45) is 1.90. The van der Waals surface area contributed by atoms with E-state index in [1.54, 1.807) is 0 Å². The third-order valence-electron chi connectivity index (χ3n) is 1.17. The van der Waals surface area contributed by atoms with Gasteiger partial charge in [0.2, 0.25) is 0 Å². The van der Waals surface area contributed by atoms with E-state index in [-0.39, 0.29) is 0 Å². The van der Waals surface area contributed by atoms with E-state index in [2.05, 4.69) is 10.6 Å². The van der Waals surface area contributed by atoms with Crippen molar-refractivity contribution in [2.75, 3.05) is 13.6 Å². The molecule has 2 N–H and O–H groups in total. The van der Waals surface area contributed by atoms with Crippen LogP contribution in [0.4, 0.5) is 0 Å². The lowest BCUT2D eigenvalue weighted by molar-refractivity contribution is 0.329. The molecule has 1 atom stereocenters. The van der Waals surface area contributed by atoms with Crippen LogP contribution in [0.2, 0.25) is 0 Å². The van der Waals surface area contributed by atoms with Gasteiger partial charge in [0.25, 0.3) is 0 Å². The predicted molar refractivity (Wildman–Crippen MR) is 25.5 cm³/mol. The van der Waals surface area contributed by atoms with Gasteiger partial charge in [0, 0.05) is 0 Å². The van der Waals surface area contributed by atoms with Gasteiger partial charge in [-0.1, -0.05) is 0 Å². The number of hydrogen-bond acceptors (Lipinski definition) is 2. The van der Waals surface area contributed by atoms with Crippen LogP contribution >= 0.6 is 0 Å². The third-order valence-corrected chi connectivity index (χ3v) is 1.17. The molecule has 0 spiro atoms. The lowest BCUT2D eigenvalue weighted by Crippen LogP contribution is -2.51. The van der Waals surface area contributed by atoms with Gasteiger partial charge < -0.3 is 10.6 Å². The molecule has 0 aromatic rings. The maximum atomic E-state index is 3.18. The number of hydrogen-bond donors (Lipinski definition) is 2. The van der Waals surface area contributed by atoms with Crippen molar-refractivity contribution < 1.29 is 0 Å². The summed E-state index contributed by atoms with van der Waals surface area (Å²) in [6, 6.07) is 0. The van der Waals surface area contributed by atoms with Gasteiger partial charge in [0.15, 0.2) is 0 Å². The van der Waals surface area contributed by atoms with Gasteiger partial charge in [-0.3, -0.25) is 0 Å². The number of rotatable bonds is 1. The molecule has 0 aliphatic carbocycles. The van der Waals surface area contributed by atoms with Gasteiger partial charge in [-0.2, -0.15) is 0 Å². The first-order valence-corrected chi connectivity index (χ1v) is 2.34. The molecular weight excluding hydrogens is 76.1 g/mol. The average molecular weight is 86.1 g/mol. The predicted octanol–water partition coefficient (Wildman–Crippen LogP) is -0.475.